The van der Waals surface area contributed by atoms with Crippen LogP contribution in [0.3, 0.4) is 0 Å². The zero-order valence-electron chi connectivity index (χ0n) is 10.7. The molecule has 1 atom stereocenters. The Morgan fingerprint density at radius 2 is 2.00 bits per heavy atom. The van der Waals surface area contributed by atoms with E-state index in [4.69, 9.17) is 0 Å². The van der Waals surface area contributed by atoms with E-state index >= 15 is 0 Å². The molecular formula is C15H15N3O. The van der Waals surface area contributed by atoms with Crippen molar-refractivity contribution in [3.8, 4) is 0 Å². The quantitative estimate of drug-likeness (QED) is 0.779. The van der Waals surface area contributed by atoms with Crippen molar-refractivity contribution >= 4 is 10.9 Å². The third-order valence-corrected chi connectivity index (χ3v) is 3.31. The van der Waals surface area contributed by atoms with Gasteiger partial charge < -0.3 is 9.67 Å². The molecule has 0 amide bonds. The fraction of sp³-hybridized carbons (Fsp3) is 0.200. The van der Waals surface area contributed by atoms with Crippen LogP contribution in [0.5, 0.6) is 0 Å². The Balaban J connectivity index is 1.96. The molecule has 2 heterocycles. The van der Waals surface area contributed by atoms with Crippen LogP contribution in [-0.2, 0) is 13.5 Å². The zero-order valence-corrected chi connectivity index (χ0v) is 10.7. The van der Waals surface area contributed by atoms with Crippen LogP contribution in [0.4, 0.5) is 0 Å². The first-order chi connectivity index (χ1) is 9.25. The second-order valence-electron chi connectivity index (χ2n) is 4.60. The number of rotatable bonds is 3. The van der Waals surface area contributed by atoms with Gasteiger partial charge in [-0.1, -0.05) is 18.2 Å². The molecule has 4 heteroatoms. The summed E-state index contributed by atoms with van der Waals surface area (Å²) >= 11 is 0. The molecule has 0 fully saturated rings. The molecule has 1 N–H and O–H groups in total. The Bertz CT molecular complexity index is 700. The second kappa shape index (κ2) is 4.82. The standard InChI is InChI=1S/C15H15N3O/c1-18-9-8-17-15(18)14(19)10-11-6-7-16-13-5-3-2-4-12(11)13/h2-9,14,19H,10H2,1H3. The van der Waals surface area contributed by atoms with Crippen LogP contribution in [0.25, 0.3) is 10.9 Å². The Kier molecular flexibility index (Phi) is 3.01. The number of aromatic nitrogens is 3. The number of benzene rings is 1. The first-order valence-corrected chi connectivity index (χ1v) is 6.23. The smallest absolute Gasteiger partial charge is 0.137 e. The number of aliphatic hydroxyl groups is 1. The maximum absolute atomic E-state index is 10.3. The topological polar surface area (TPSA) is 50.9 Å². The fourth-order valence-electron chi connectivity index (χ4n) is 2.33. The average Bonchev–Trinajstić information content (AvgIpc) is 2.85. The van der Waals surface area contributed by atoms with E-state index < -0.39 is 6.10 Å². The van der Waals surface area contributed by atoms with Crippen molar-refractivity contribution in [2.45, 2.75) is 12.5 Å². The van der Waals surface area contributed by atoms with Crippen LogP contribution in [0.2, 0.25) is 0 Å². The van der Waals surface area contributed by atoms with Crippen molar-refractivity contribution < 1.29 is 5.11 Å². The van der Waals surface area contributed by atoms with E-state index in [0.29, 0.717) is 12.2 Å². The van der Waals surface area contributed by atoms with Gasteiger partial charge in [-0.15, -0.1) is 0 Å². The van der Waals surface area contributed by atoms with Crippen LogP contribution < -0.4 is 0 Å². The Morgan fingerprint density at radius 3 is 2.79 bits per heavy atom. The van der Waals surface area contributed by atoms with Crippen molar-refractivity contribution in [1.82, 2.24) is 14.5 Å². The Morgan fingerprint density at radius 1 is 1.16 bits per heavy atom. The molecule has 0 saturated carbocycles. The number of hydrogen-bond acceptors (Lipinski definition) is 3. The van der Waals surface area contributed by atoms with Crippen LogP contribution in [0.1, 0.15) is 17.5 Å². The largest absolute Gasteiger partial charge is 0.385 e. The number of aliphatic hydroxyl groups excluding tert-OH is 1. The molecule has 1 unspecified atom stereocenters. The van der Waals surface area contributed by atoms with Gasteiger partial charge in [0.15, 0.2) is 0 Å². The van der Waals surface area contributed by atoms with E-state index in [1.165, 1.54) is 0 Å². The summed E-state index contributed by atoms with van der Waals surface area (Å²) in [5, 5.41) is 11.4. The lowest BCUT2D eigenvalue weighted by atomic mass is 10.0. The van der Waals surface area contributed by atoms with E-state index in [0.717, 1.165) is 16.5 Å². The molecule has 4 nitrogen and oxygen atoms in total. The summed E-state index contributed by atoms with van der Waals surface area (Å²) in [4.78, 5) is 8.52. The fourth-order valence-corrected chi connectivity index (χ4v) is 2.33. The van der Waals surface area contributed by atoms with Crippen LogP contribution in [0, 0.1) is 0 Å². The lowest BCUT2D eigenvalue weighted by molar-refractivity contribution is 0.165. The van der Waals surface area contributed by atoms with Gasteiger partial charge in [-0.3, -0.25) is 4.98 Å². The van der Waals surface area contributed by atoms with Crippen LogP contribution in [-0.4, -0.2) is 19.6 Å². The minimum atomic E-state index is -0.606. The molecule has 0 bridgehead atoms. The minimum Gasteiger partial charge on any atom is -0.385 e. The molecule has 0 radical (unpaired) electrons. The lowest BCUT2D eigenvalue weighted by Crippen LogP contribution is -2.08. The SMILES string of the molecule is Cn1ccnc1C(O)Cc1ccnc2ccccc12. The van der Waals surface area contributed by atoms with E-state index in [9.17, 15) is 5.11 Å². The highest BCUT2D eigenvalue weighted by atomic mass is 16.3. The van der Waals surface area contributed by atoms with E-state index in [1.807, 2.05) is 48.1 Å². The van der Waals surface area contributed by atoms with E-state index in [2.05, 4.69) is 9.97 Å². The summed E-state index contributed by atoms with van der Waals surface area (Å²) < 4.78 is 1.84. The molecular weight excluding hydrogens is 238 g/mol. The Labute approximate surface area is 111 Å². The molecule has 0 aliphatic heterocycles. The van der Waals surface area contributed by atoms with Crippen LogP contribution >= 0.6 is 0 Å². The van der Waals surface area contributed by atoms with Gasteiger partial charge in [0, 0.05) is 37.4 Å². The summed E-state index contributed by atoms with van der Waals surface area (Å²) in [7, 11) is 1.89. The molecule has 1 aromatic carbocycles. The van der Waals surface area contributed by atoms with Gasteiger partial charge in [0.2, 0.25) is 0 Å². The average molecular weight is 253 g/mol. The van der Waals surface area contributed by atoms with Crippen molar-refractivity contribution in [3.05, 3.63) is 60.3 Å². The molecule has 0 aliphatic rings. The first kappa shape index (κ1) is 11.9. The number of pyridine rings is 1. The molecule has 0 saturated heterocycles. The van der Waals surface area contributed by atoms with Gasteiger partial charge in [0.1, 0.15) is 11.9 Å². The highest BCUT2D eigenvalue weighted by Crippen LogP contribution is 2.22. The number of fused-ring (bicyclic) bond motifs is 1. The van der Waals surface area contributed by atoms with Crippen LogP contribution in [0.15, 0.2) is 48.9 Å². The van der Waals surface area contributed by atoms with E-state index in [1.54, 1.807) is 12.4 Å². The number of imidazole rings is 1. The van der Waals surface area contributed by atoms with Gasteiger partial charge in [-0.2, -0.15) is 0 Å². The first-order valence-electron chi connectivity index (χ1n) is 6.23. The maximum Gasteiger partial charge on any atom is 0.137 e. The molecule has 96 valence electrons. The summed E-state index contributed by atoms with van der Waals surface area (Å²) in [6.45, 7) is 0. The summed E-state index contributed by atoms with van der Waals surface area (Å²) in [5.41, 5.74) is 2.04. The van der Waals surface area contributed by atoms with Gasteiger partial charge in [0.25, 0.3) is 0 Å². The molecule has 19 heavy (non-hydrogen) atoms. The predicted molar refractivity (Wildman–Crippen MR) is 73.6 cm³/mol. The highest BCUT2D eigenvalue weighted by molar-refractivity contribution is 5.81. The van der Waals surface area contributed by atoms with Crippen molar-refractivity contribution in [2.75, 3.05) is 0 Å². The van der Waals surface area contributed by atoms with Crippen molar-refractivity contribution in [1.29, 1.82) is 0 Å². The molecule has 2 aromatic heterocycles. The number of para-hydroxylation sites is 1. The van der Waals surface area contributed by atoms with Crippen molar-refractivity contribution in [2.24, 2.45) is 7.05 Å². The maximum atomic E-state index is 10.3. The highest BCUT2D eigenvalue weighted by Gasteiger charge is 2.14. The van der Waals surface area contributed by atoms with Gasteiger partial charge in [0.05, 0.1) is 5.52 Å². The zero-order chi connectivity index (χ0) is 13.2. The summed E-state index contributed by atoms with van der Waals surface area (Å²) in [6, 6.07) is 9.91. The van der Waals surface area contributed by atoms with Gasteiger partial charge >= 0.3 is 0 Å². The third kappa shape index (κ3) is 2.22. The third-order valence-electron chi connectivity index (χ3n) is 3.31. The molecule has 3 rings (SSSR count). The summed E-state index contributed by atoms with van der Waals surface area (Å²) in [6.07, 6.45) is 5.24. The minimum absolute atomic E-state index is 0.536. The van der Waals surface area contributed by atoms with Crippen molar-refractivity contribution in [3.63, 3.8) is 0 Å². The predicted octanol–water partition coefficient (Wildman–Crippen LogP) is 2.24. The normalized spacial score (nSPS) is 12.7. The number of nitrogens with zero attached hydrogens (tertiary/aromatic N) is 3. The number of hydrogen-bond donors (Lipinski definition) is 1. The number of aryl methyl sites for hydroxylation is 1. The molecule has 0 aliphatic carbocycles. The molecule has 0 spiro atoms. The molecule has 3 aromatic rings. The van der Waals surface area contributed by atoms with E-state index in [-0.39, 0.29) is 0 Å². The summed E-state index contributed by atoms with van der Waals surface area (Å²) in [5.74, 6) is 0.681. The second-order valence-corrected chi connectivity index (χ2v) is 4.60. The van der Waals surface area contributed by atoms with Gasteiger partial charge in [-0.25, -0.2) is 4.98 Å². The lowest BCUT2D eigenvalue weighted by Gasteiger charge is -2.12. The van der Waals surface area contributed by atoms with Gasteiger partial charge in [-0.05, 0) is 17.7 Å². The monoisotopic (exact) mass is 253 g/mol. The Hall–Kier alpha value is -2.20.